The molecular weight excluding hydrogens is 456 g/mol. The normalized spacial score (nSPS) is 17.3. The molecule has 182 valence electrons. The molecule has 7 nitrogen and oxygen atoms in total. The van der Waals surface area contributed by atoms with Gasteiger partial charge in [0, 0.05) is 80.7 Å². The molecule has 0 spiro atoms. The lowest BCUT2D eigenvalue weighted by atomic mass is 10.0. The summed E-state index contributed by atoms with van der Waals surface area (Å²) in [4.78, 5) is 32.3. The van der Waals surface area contributed by atoms with Gasteiger partial charge in [-0.2, -0.15) is 0 Å². The second kappa shape index (κ2) is 9.43. The van der Waals surface area contributed by atoms with Crippen LogP contribution in [0.2, 0.25) is 0 Å². The van der Waals surface area contributed by atoms with Gasteiger partial charge in [0.25, 0.3) is 5.91 Å². The molecule has 2 fully saturated rings. The van der Waals surface area contributed by atoms with Crippen LogP contribution in [0.25, 0.3) is 33.4 Å². The largest absolute Gasteiger partial charge is 0.369 e. The molecule has 2 aliphatic rings. The highest BCUT2D eigenvalue weighted by Gasteiger charge is 2.22. The SMILES string of the molecule is CN1CCN(c2ccc(-c3cnc4[nH]cc(-c5csc(C(=O)N6CCCCC6)n5)c4c3)cc2)CC1.[2HH]. The Morgan fingerprint density at radius 1 is 1.00 bits per heavy atom. The molecule has 1 N–H and O–H groups in total. The molecule has 2 saturated heterocycles. The van der Waals surface area contributed by atoms with E-state index < -0.39 is 0 Å². The Kier molecular flexibility index (Phi) is 6.00. The van der Waals surface area contributed by atoms with Crippen LogP contribution in [0.5, 0.6) is 0 Å². The summed E-state index contributed by atoms with van der Waals surface area (Å²) in [6, 6.07) is 11.0. The van der Waals surface area contributed by atoms with Gasteiger partial charge in [-0.3, -0.25) is 4.79 Å². The molecule has 35 heavy (non-hydrogen) atoms. The fourth-order valence-electron chi connectivity index (χ4n) is 5.03. The Morgan fingerprint density at radius 2 is 1.77 bits per heavy atom. The zero-order valence-electron chi connectivity index (χ0n) is 20.0. The number of benzene rings is 1. The summed E-state index contributed by atoms with van der Waals surface area (Å²) in [6.07, 6.45) is 7.23. The lowest BCUT2D eigenvalue weighted by molar-refractivity contribution is 0.0724. The Labute approximate surface area is 210 Å². The third kappa shape index (κ3) is 4.44. The molecular formula is C27H32N6OS. The highest BCUT2D eigenvalue weighted by Crippen LogP contribution is 2.32. The average Bonchev–Trinajstić information content (AvgIpc) is 3.56. The number of piperidine rings is 1. The minimum absolute atomic E-state index is 0. The second-order valence-electron chi connectivity index (χ2n) is 9.55. The second-order valence-corrected chi connectivity index (χ2v) is 10.4. The molecule has 8 heteroatoms. The Bertz CT molecular complexity index is 1340. The van der Waals surface area contributed by atoms with E-state index in [1.807, 2.05) is 22.7 Å². The van der Waals surface area contributed by atoms with E-state index in [1.54, 1.807) is 0 Å². The van der Waals surface area contributed by atoms with Crippen molar-refractivity contribution in [2.24, 2.45) is 0 Å². The number of H-pyrrole nitrogens is 1. The monoisotopic (exact) mass is 489 g/mol. The number of aromatic amines is 1. The summed E-state index contributed by atoms with van der Waals surface area (Å²) in [7, 11) is 2.18. The van der Waals surface area contributed by atoms with E-state index in [9.17, 15) is 4.79 Å². The first-order valence-electron chi connectivity index (χ1n) is 12.4. The zero-order valence-corrected chi connectivity index (χ0v) is 20.9. The number of hydrogen-bond donors (Lipinski definition) is 1. The van der Waals surface area contributed by atoms with Crippen molar-refractivity contribution >= 4 is 34.0 Å². The highest BCUT2D eigenvalue weighted by atomic mass is 32.1. The van der Waals surface area contributed by atoms with Crippen LogP contribution in [-0.2, 0) is 0 Å². The van der Waals surface area contributed by atoms with Crippen molar-refractivity contribution in [1.29, 1.82) is 0 Å². The maximum absolute atomic E-state index is 12.9. The van der Waals surface area contributed by atoms with Crippen molar-refractivity contribution in [3.63, 3.8) is 0 Å². The number of nitrogens with one attached hydrogen (secondary N) is 1. The summed E-state index contributed by atoms with van der Waals surface area (Å²) < 4.78 is 0. The lowest BCUT2D eigenvalue weighted by Crippen LogP contribution is -2.44. The predicted octanol–water partition coefficient (Wildman–Crippen LogP) is 4.98. The maximum atomic E-state index is 12.9. The van der Waals surface area contributed by atoms with Crippen LogP contribution in [0.3, 0.4) is 0 Å². The molecule has 0 bridgehead atoms. The van der Waals surface area contributed by atoms with Gasteiger partial charge in [-0.25, -0.2) is 9.97 Å². The summed E-state index contributed by atoms with van der Waals surface area (Å²) in [5.74, 6) is 0.0556. The molecule has 5 heterocycles. The van der Waals surface area contributed by atoms with Crippen LogP contribution >= 0.6 is 11.3 Å². The molecule has 0 unspecified atom stereocenters. The van der Waals surface area contributed by atoms with Crippen LogP contribution in [0.4, 0.5) is 5.69 Å². The zero-order chi connectivity index (χ0) is 23.8. The number of likely N-dealkylation sites (N-methyl/N-ethyl adjacent to an activating group) is 1. The minimum Gasteiger partial charge on any atom is -0.369 e. The number of pyridine rings is 1. The number of carbonyl (C=O) groups excluding carboxylic acids is 1. The molecule has 0 aliphatic carbocycles. The van der Waals surface area contributed by atoms with E-state index in [1.165, 1.54) is 23.4 Å². The summed E-state index contributed by atoms with van der Waals surface area (Å²) >= 11 is 1.43. The maximum Gasteiger partial charge on any atom is 0.282 e. The van der Waals surface area contributed by atoms with Gasteiger partial charge in [0.2, 0.25) is 0 Å². The number of fused-ring (bicyclic) bond motifs is 1. The van der Waals surface area contributed by atoms with Crippen molar-refractivity contribution in [2.45, 2.75) is 19.3 Å². The van der Waals surface area contributed by atoms with E-state index in [4.69, 9.17) is 4.98 Å². The third-order valence-corrected chi connectivity index (χ3v) is 8.04. The first-order chi connectivity index (χ1) is 17.2. The van der Waals surface area contributed by atoms with Crippen LogP contribution in [0.15, 0.2) is 48.1 Å². The molecule has 1 aromatic carbocycles. The molecule has 0 saturated carbocycles. The van der Waals surface area contributed by atoms with E-state index in [0.29, 0.717) is 5.01 Å². The van der Waals surface area contributed by atoms with Crippen molar-refractivity contribution in [2.75, 3.05) is 51.2 Å². The molecule has 3 aromatic heterocycles. The standard InChI is InChI=1S/C27H30N6OS.H2/c1-31-11-13-32(14-12-31)21-7-5-19(6-8-21)20-15-22-23(17-29-25(22)28-16-20)24-18-35-26(30-24)27(34)33-9-3-2-4-10-33;/h5-8,15-18H,2-4,9-14H2,1H3,(H,28,29);1H/i;1+1. The number of piperazine rings is 1. The number of rotatable bonds is 4. The molecule has 2 aliphatic heterocycles. The van der Waals surface area contributed by atoms with Gasteiger partial charge in [-0.05, 0) is 50.1 Å². The van der Waals surface area contributed by atoms with Gasteiger partial charge in [0.1, 0.15) is 5.65 Å². The summed E-state index contributed by atoms with van der Waals surface area (Å²) in [5.41, 5.74) is 6.12. The number of nitrogens with zero attached hydrogens (tertiary/aromatic N) is 5. The Morgan fingerprint density at radius 3 is 2.54 bits per heavy atom. The number of hydrogen-bond acceptors (Lipinski definition) is 6. The van der Waals surface area contributed by atoms with Gasteiger partial charge >= 0.3 is 0 Å². The third-order valence-electron chi connectivity index (χ3n) is 7.21. The first kappa shape index (κ1) is 22.2. The van der Waals surface area contributed by atoms with E-state index >= 15 is 0 Å². The summed E-state index contributed by atoms with van der Waals surface area (Å²) in [5, 5.41) is 3.57. The number of anilines is 1. The smallest absolute Gasteiger partial charge is 0.282 e. The minimum atomic E-state index is 0. The predicted molar refractivity (Wildman–Crippen MR) is 144 cm³/mol. The fourth-order valence-corrected chi connectivity index (χ4v) is 5.81. The van der Waals surface area contributed by atoms with Crippen LogP contribution < -0.4 is 4.90 Å². The number of likely N-dealkylation sites (tertiary alicyclic amines) is 1. The van der Waals surface area contributed by atoms with Crippen molar-refractivity contribution in [1.82, 2.24) is 24.8 Å². The van der Waals surface area contributed by atoms with Gasteiger partial charge in [-0.1, -0.05) is 12.1 Å². The summed E-state index contributed by atoms with van der Waals surface area (Å²) in [6.45, 7) is 5.99. The van der Waals surface area contributed by atoms with Crippen molar-refractivity contribution in [3.8, 4) is 22.4 Å². The average molecular weight is 490 g/mol. The topological polar surface area (TPSA) is 68.4 Å². The number of carbonyl (C=O) groups is 1. The number of thiazole rings is 1. The van der Waals surface area contributed by atoms with Crippen LogP contribution in [-0.4, -0.2) is 77.0 Å². The Balaban J connectivity index is 0.00000267. The van der Waals surface area contributed by atoms with Gasteiger partial charge in [-0.15, -0.1) is 11.3 Å². The van der Waals surface area contributed by atoms with E-state index in [2.05, 4.69) is 57.1 Å². The van der Waals surface area contributed by atoms with Crippen LogP contribution in [0, 0.1) is 0 Å². The van der Waals surface area contributed by atoms with E-state index in [-0.39, 0.29) is 7.33 Å². The lowest BCUT2D eigenvalue weighted by Gasteiger charge is -2.34. The Hall–Kier alpha value is -3.23. The van der Waals surface area contributed by atoms with Gasteiger partial charge in [0.05, 0.1) is 5.69 Å². The molecule has 0 radical (unpaired) electrons. The molecule has 1 amide bonds. The molecule has 4 aromatic rings. The quantitative estimate of drug-likeness (QED) is 0.438. The molecule has 0 atom stereocenters. The van der Waals surface area contributed by atoms with Crippen molar-refractivity contribution < 1.29 is 6.22 Å². The molecule has 6 rings (SSSR count). The van der Waals surface area contributed by atoms with E-state index in [0.717, 1.165) is 85.5 Å². The number of amides is 1. The fraction of sp³-hybridized carbons (Fsp3) is 0.370. The highest BCUT2D eigenvalue weighted by molar-refractivity contribution is 7.12. The first-order valence-corrected chi connectivity index (χ1v) is 13.3. The number of aromatic nitrogens is 3. The van der Waals surface area contributed by atoms with Gasteiger partial charge in [0.15, 0.2) is 5.01 Å². The van der Waals surface area contributed by atoms with Gasteiger partial charge < -0.3 is 19.7 Å². The van der Waals surface area contributed by atoms with Crippen LogP contribution in [0.1, 0.15) is 30.5 Å². The van der Waals surface area contributed by atoms with Crippen molar-refractivity contribution in [3.05, 3.63) is 53.1 Å².